The zero-order valence-corrected chi connectivity index (χ0v) is 14.6. The van der Waals surface area contributed by atoms with Gasteiger partial charge >= 0.3 is 0 Å². The minimum Gasteiger partial charge on any atom is -0.481 e. The van der Waals surface area contributed by atoms with Crippen LogP contribution in [0.2, 0.25) is 5.02 Å². The lowest BCUT2D eigenvalue weighted by atomic mass is 9.53. The van der Waals surface area contributed by atoms with E-state index in [0.717, 1.165) is 37.0 Å². The fourth-order valence-corrected chi connectivity index (χ4v) is 5.61. The minimum absolute atomic E-state index is 0.00110. The summed E-state index contributed by atoms with van der Waals surface area (Å²) >= 11 is 5.77. The van der Waals surface area contributed by atoms with Gasteiger partial charge in [-0.05, 0) is 75.3 Å². The summed E-state index contributed by atoms with van der Waals surface area (Å²) in [5, 5.41) is 3.30. The molecule has 5 rings (SSSR count). The van der Waals surface area contributed by atoms with Gasteiger partial charge in [-0.3, -0.25) is 4.79 Å². The fraction of sp³-hybridized carbons (Fsp3) is 0.632. The molecule has 24 heavy (non-hydrogen) atoms. The summed E-state index contributed by atoms with van der Waals surface area (Å²) in [5.41, 5.74) is -0.0239. The largest absolute Gasteiger partial charge is 0.481 e. The van der Waals surface area contributed by atoms with Crippen LogP contribution in [-0.4, -0.2) is 17.6 Å². The van der Waals surface area contributed by atoms with E-state index >= 15 is 0 Å². The Morgan fingerprint density at radius 1 is 1.25 bits per heavy atom. The highest BCUT2D eigenvalue weighted by atomic mass is 35.5. The molecule has 130 valence electrons. The van der Waals surface area contributed by atoms with Gasteiger partial charge in [-0.2, -0.15) is 0 Å². The summed E-state index contributed by atoms with van der Waals surface area (Å²) in [6, 6.07) is 4.16. The van der Waals surface area contributed by atoms with Crippen molar-refractivity contribution < 1.29 is 13.9 Å². The van der Waals surface area contributed by atoms with Crippen molar-refractivity contribution in [3.8, 4) is 5.75 Å². The van der Waals surface area contributed by atoms with E-state index in [1.807, 2.05) is 0 Å². The Bertz CT molecular complexity index is 627. The quantitative estimate of drug-likeness (QED) is 0.876. The van der Waals surface area contributed by atoms with E-state index in [1.54, 1.807) is 6.92 Å². The summed E-state index contributed by atoms with van der Waals surface area (Å²) in [5.74, 6) is 2.18. The Balaban J connectivity index is 1.41. The van der Waals surface area contributed by atoms with Crippen molar-refractivity contribution in [3.63, 3.8) is 0 Å². The topological polar surface area (TPSA) is 38.3 Å². The lowest BCUT2D eigenvalue weighted by Crippen LogP contribution is -2.61. The number of hydrogen-bond donors (Lipinski definition) is 1. The van der Waals surface area contributed by atoms with Crippen molar-refractivity contribution in [2.75, 3.05) is 0 Å². The molecule has 4 aliphatic carbocycles. The molecule has 1 aromatic rings. The van der Waals surface area contributed by atoms with E-state index in [0.29, 0.717) is 5.75 Å². The second-order valence-corrected chi connectivity index (χ2v) is 8.43. The molecule has 1 atom stereocenters. The molecule has 5 heteroatoms. The maximum Gasteiger partial charge on any atom is 0.261 e. The van der Waals surface area contributed by atoms with Crippen molar-refractivity contribution in [2.24, 2.45) is 17.8 Å². The molecule has 4 aliphatic rings. The molecule has 0 aromatic heterocycles. The molecule has 4 fully saturated rings. The first-order chi connectivity index (χ1) is 11.4. The van der Waals surface area contributed by atoms with Gasteiger partial charge in [0.05, 0.1) is 5.02 Å². The Morgan fingerprint density at radius 2 is 1.83 bits per heavy atom. The van der Waals surface area contributed by atoms with Gasteiger partial charge in [0.1, 0.15) is 11.6 Å². The van der Waals surface area contributed by atoms with Gasteiger partial charge < -0.3 is 10.1 Å². The first-order valence-electron chi connectivity index (χ1n) is 8.86. The monoisotopic (exact) mass is 351 g/mol. The normalized spacial score (nSPS) is 34.9. The predicted octanol–water partition coefficient (Wildman–Crippen LogP) is 4.33. The van der Waals surface area contributed by atoms with Gasteiger partial charge in [0.25, 0.3) is 5.91 Å². The second-order valence-electron chi connectivity index (χ2n) is 8.02. The van der Waals surface area contributed by atoms with Crippen LogP contribution in [0.4, 0.5) is 4.39 Å². The zero-order chi connectivity index (χ0) is 16.9. The van der Waals surface area contributed by atoms with Gasteiger partial charge in [-0.25, -0.2) is 4.39 Å². The highest BCUT2D eigenvalue weighted by Gasteiger charge is 2.51. The Labute approximate surface area is 146 Å². The van der Waals surface area contributed by atoms with Crippen molar-refractivity contribution in [1.29, 1.82) is 0 Å². The lowest BCUT2D eigenvalue weighted by molar-refractivity contribution is -0.133. The molecule has 4 saturated carbocycles. The van der Waals surface area contributed by atoms with E-state index in [-0.39, 0.29) is 16.5 Å². The molecule has 0 spiro atoms. The van der Waals surface area contributed by atoms with Crippen molar-refractivity contribution in [2.45, 2.75) is 57.1 Å². The van der Waals surface area contributed by atoms with Crippen LogP contribution in [0.3, 0.4) is 0 Å². The first kappa shape index (κ1) is 16.2. The van der Waals surface area contributed by atoms with Crippen LogP contribution in [0.1, 0.15) is 45.4 Å². The molecule has 1 aromatic carbocycles. The highest BCUT2D eigenvalue weighted by Crippen LogP contribution is 2.55. The molecule has 4 bridgehead atoms. The van der Waals surface area contributed by atoms with Crippen LogP contribution < -0.4 is 10.1 Å². The lowest BCUT2D eigenvalue weighted by Gasteiger charge is -2.57. The van der Waals surface area contributed by atoms with Gasteiger partial charge in [-0.1, -0.05) is 11.6 Å². The number of halogens is 2. The average molecular weight is 352 g/mol. The van der Waals surface area contributed by atoms with E-state index in [2.05, 4.69) is 5.32 Å². The molecule has 3 nitrogen and oxygen atoms in total. The van der Waals surface area contributed by atoms with E-state index in [9.17, 15) is 9.18 Å². The first-order valence-corrected chi connectivity index (χ1v) is 9.24. The third kappa shape index (κ3) is 3.01. The molecule has 0 radical (unpaired) electrons. The number of amides is 1. The van der Waals surface area contributed by atoms with E-state index in [4.69, 9.17) is 16.3 Å². The standard InChI is InChI=1S/C19H23ClFNO2/c1-11(24-15-2-3-17(21)16(20)7-15)18(23)22-19-8-12-4-13(9-19)6-14(5-12)10-19/h2-3,7,11-14H,4-6,8-10H2,1H3,(H,22,23)/t11-,12?,13?,14?,19?/m0/s1. The van der Waals surface area contributed by atoms with Gasteiger partial charge in [-0.15, -0.1) is 0 Å². The Hall–Kier alpha value is -1.29. The number of nitrogens with one attached hydrogen (secondary N) is 1. The minimum atomic E-state index is -0.625. The van der Waals surface area contributed by atoms with Crippen LogP contribution >= 0.6 is 11.6 Å². The summed E-state index contributed by atoms with van der Waals surface area (Å²) in [6.07, 6.45) is 6.73. The maximum atomic E-state index is 13.2. The molecule has 0 heterocycles. The van der Waals surface area contributed by atoms with Gasteiger partial charge in [0.15, 0.2) is 6.10 Å². The molecule has 1 amide bonds. The summed E-state index contributed by atoms with van der Waals surface area (Å²) in [6.45, 7) is 1.73. The predicted molar refractivity (Wildman–Crippen MR) is 90.5 cm³/mol. The fourth-order valence-electron chi connectivity index (χ4n) is 5.43. The molecular formula is C19H23ClFNO2. The van der Waals surface area contributed by atoms with Crippen molar-refractivity contribution in [3.05, 3.63) is 29.0 Å². The molecule has 0 aliphatic heterocycles. The van der Waals surface area contributed by atoms with Crippen molar-refractivity contribution in [1.82, 2.24) is 5.32 Å². The highest BCUT2D eigenvalue weighted by molar-refractivity contribution is 6.30. The number of benzene rings is 1. The number of ether oxygens (including phenoxy) is 1. The molecule has 0 saturated heterocycles. The average Bonchev–Trinajstić information content (AvgIpc) is 2.49. The van der Waals surface area contributed by atoms with E-state index < -0.39 is 11.9 Å². The SMILES string of the molecule is C[C@H](Oc1ccc(F)c(Cl)c1)C(=O)NC12CC3CC(CC(C3)C1)C2. The Kier molecular flexibility index (Phi) is 3.98. The van der Waals surface area contributed by atoms with Crippen LogP contribution in [-0.2, 0) is 4.79 Å². The van der Waals surface area contributed by atoms with Crippen molar-refractivity contribution >= 4 is 17.5 Å². The van der Waals surface area contributed by atoms with Crippen LogP contribution in [0.5, 0.6) is 5.75 Å². The second kappa shape index (κ2) is 5.91. The van der Waals surface area contributed by atoms with Crippen LogP contribution in [0.25, 0.3) is 0 Å². The summed E-state index contributed by atoms with van der Waals surface area (Å²) in [7, 11) is 0. The third-order valence-electron chi connectivity index (χ3n) is 6.00. The van der Waals surface area contributed by atoms with Crippen LogP contribution in [0.15, 0.2) is 18.2 Å². The maximum absolute atomic E-state index is 13.2. The van der Waals surface area contributed by atoms with Gasteiger partial charge in [0, 0.05) is 11.6 Å². The molecule has 0 unspecified atom stereocenters. The van der Waals surface area contributed by atoms with Gasteiger partial charge in [0.2, 0.25) is 0 Å². The number of rotatable bonds is 4. The number of carbonyl (C=O) groups is 1. The van der Waals surface area contributed by atoms with Crippen LogP contribution in [0, 0.1) is 23.6 Å². The zero-order valence-electron chi connectivity index (χ0n) is 13.9. The number of hydrogen-bond acceptors (Lipinski definition) is 2. The molecular weight excluding hydrogens is 329 g/mol. The number of carbonyl (C=O) groups excluding carboxylic acids is 1. The Morgan fingerprint density at radius 3 is 2.38 bits per heavy atom. The summed E-state index contributed by atoms with van der Waals surface area (Å²) < 4.78 is 18.9. The summed E-state index contributed by atoms with van der Waals surface area (Å²) in [4.78, 5) is 12.6. The van der Waals surface area contributed by atoms with E-state index in [1.165, 1.54) is 37.5 Å². The molecule has 1 N–H and O–H groups in total. The third-order valence-corrected chi connectivity index (χ3v) is 6.29. The smallest absolute Gasteiger partial charge is 0.261 e.